The summed E-state index contributed by atoms with van der Waals surface area (Å²) >= 11 is 0. The van der Waals surface area contributed by atoms with Crippen LogP contribution in [0.5, 0.6) is 5.75 Å². The van der Waals surface area contributed by atoms with Crippen molar-refractivity contribution in [2.24, 2.45) is 11.7 Å². The van der Waals surface area contributed by atoms with Crippen LogP contribution in [0.4, 0.5) is 4.39 Å². The summed E-state index contributed by atoms with van der Waals surface area (Å²) < 4.78 is 19.0. The average molecular weight is 384 g/mol. The highest BCUT2D eigenvalue weighted by atomic mass is 19.1. The Morgan fingerprint density at radius 3 is 2.75 bits per heavy atom. The van der Waals surface area contributed by atoms with E-state index in [1.165, 1.54) is 23.8 Å². The Hall–Kier alpha value is -1.91. The van der Waals surface area contributed by atoms with Crippen LogP contribution < -0.4 is 10.5 Å². The molecule has 4 rings (SSSR count). The molecule has 150 valence electrons. The van der Waals surface area contributed by atoms with E-state index >= 15 is 0 Å². The molecule has 0 amide bonds. The lowest BCUT2D eigenvalue weighted by Crippen LogP contribution is -2.40. The number of fused-ring (bicyclic) bond motifs is 1. The van der Waals surface area contributed by atoms with E-state index in [-0.39, 0.29) is 12.4 Å². The third kappa shape index (κ3) is 3.94. The molecule has 2 aromatic carbocycles. The maximum atomic E-state index is 14.0. The summed E-state index contributed by atoms with van der Waals surface area (Å²) in [6, 6.07) is 12.2. The van der Waals surface area contributed by atoms with Crippen LogP contribution in [0.1, 0.15) is 53.9 Å². The number of ether oxygens (including phenoxy) is 1. The Bertz CT molecular complexity index is 852. The van der Waals surface area contributed by atoms with Crippen molar-refractivity contribution in [3.8, 4) is 5.75 Å². The van der Waals surface area contributed by atoms with Crippen molar-refractivity contribution in [3.05, 3.63) is 64.5 Å². The smallest absolute Gasteiger partial charge is 0.165 e. The molecule has 0 saturated heterocycles. The van der Waals surface area contributed by atoms with Gasteiger partial charge in [0.25, 0.3) is 0 Å². The maximum Gasteiger partial charge on any atom is 0.165 e. The van der Waals surface area contributed by atoms with Crippen LogP contribution >= 0.6 is 0 Å². The van der Waals surface area contributed by atoms with E-state index in [4.69, 9.17) is 10.5 Å². The number of aryl methyl sites for hydroxylation is 1. The van der Waals surface area contributed by atoms with Crippen molar-refractivity contribution in [3.63, 3.8) is 0 Å². The van der Waals surface area contributed by atoms with Crippen molar-refractivity contribution in [2.45, 2.75) is 56.4 Å². The molecular weight excluding hydrogens is 353 g/mol. The molecule has 0 radical (unpaired) electrons. The van der Waals surface area contributed by atoms with Gasteiger partial charge in [-0.3, -0.25) is 0 Å². The van der Waals surface area contributed by atoms with Gasteiger partial charge in [-0.15, -0.1) is 0 Å². The topological polar surface area (TPSA) is 55.5 Å². The fraction of sp³-hybridized carbons (Fsp3) is 0.500. The normalized spacial score (nSPS) is 26.9. The molecule has 4 heteroatoms. The van der Waals surface area contributed by atoms with Gasteiger partial charge in [0.05, 0.1) is 13.7 Å². The van der Waals surface area contributed by atoms with Crippen molar-refractivity contribution >= 4 is 0 Å². The number of aliphatic hydroxyl groups excluding tert-OH is 1. The first-order chi connectivity index (χ1) is 13.5. The van der Waals surface area contributed by atoms with Gasteiger partial charge in [-0.25, -0.2) is 4.39 Å². The second kappa shape index (κ2) is 7.84. The van der Waals surface area contributed by atoms with Crippen LogP contribution in [-0.2, 0) is 19.3 Å². The molecule has 2 aliphatic carbocycles. The summed E-state index contributed by atoms with van der Waals surface area (Å²) in [5, 5.41) is 9.52. The van der Waals surface area contributed by atoms with Gasteiger partial charge in [0, 0.05) is 5.54 Å². The van der Waals surface area contributed by atoms with Crippen LogP contribution in [0.2, 0.25) is 0 Å². The van der Waals surface area contributed by atoms with Gasteiger partial charge < -0.3 is 15.6 Å². The second-order valence-electron chi connectivity index (χ2n) is 8.77. The SMILES string of the molecule is COc1ccc(CC2CCc3cc([C@H]4CC[C@](N)(CO)C4)ccc3C2)cc1F. The van der Waals surface area contributed by atoms with Crippen LogP contribution in [0, 0.1) is 11.7 Å². The number of hydrogen-bond donors (Lipinski definition) is 2. The molecule has 0 heterocycles. The second-order valence-corrected chi connectivity index (χ2v) is 8.77. The van der Waals surface area contributed by atoms with E-state index in [1.807, 2.05) is 6.07 Å². The first-order valence-electron chi connectivity index (χ1n) is 10.3. The molecular formula is C24H30FNO2. The first-order valence-corrected chi connectivity index (χ1v) is 10.3. The Kier molecular flexibility index (Phi) is 5.44. The zero-order valence-corrected chi connectivity index (χ0v) is 16.6. The monoisotopic (exact) mass is 383 g/mol. The molecule has 0 aliphatic heterocycles. The number of rotatable bonds is 5. The molecule has 3 N–H and O–H groups in total. The van der Waals surface area contributed by atoms with Crippen molar-refractivity contribution in [2.75, 3.05) is 13.7 Å². The fourth-order valence-corrected chi connectivity index (χ4v) is 5.03. The van der Waals surface area contributed by atoms with Gasteiger partial charge in [-0.05, 0) is 91.2 Å². The molecule has 3 atom stereocenters. The number of hydrogen-bond acceptors (Lipinski definition) is 3. The number of halogens is 1. The van der Waals surface area contributed by atoms with Crippen LogP contribution in [-0.4, -0.2) is 24.4 Å². The zero-order chi connectivity index (χ0) is 19.7. The largest absolute Gasteiger partial charge is 0.494 e. The van der Waals surface area contributed by atoms with Gasteiger partial charge in [0.2, 0.25) is 0 Å². The molecule has 1 unspecified atom stereocenters. The zero-order valence-electron chi connectivity index (χ0n) is 16.6. The van der Waals surface area contributed by atoms with E-state index in [0.717, 1.165) is 50.5 Å². The average Bonchev–Trinajstić information content (AvgIpc) is 3.11. The molecule has 28 heavy (non-hydrogen) atoms. The van der Waals surface area contributed by atoms with Gasteiger partial charge in [0.15, 0.2) is 11.6 Å². The highest BCUT2D eigenvalue weighted by molar-refractivity contribution is 5.37. The minimum atomic E-state index is -0.403. The lowest BCUT2D eigenvalue weighted by atomic mass is 9.79. The van der Waals surface area contributed by atoms with Crippen molar-refractivity contribution < 1.29 is 14.2 Å². The minimum Gasteiger partial charge on any atom is -0.494 e. The highest BCUT2D eigenvalue weighted by Crippen LogP contribution is 2.40. The Labute approximate surface area is 166 Å². The van der Waals surface area contributed by atoms with E-state index < -0.39 is 5.54 Å². The molecule has 1 saturated carbocycles. The quantitative estimate of drug-likeness (QED) is 0.816. The summed E-state index contributed by atoms with van der Waals surface area (Å²) in [4.78, 5) is 0. The highest BCUT2D eigenvalue weighted by Gasteiger charge is 2.36. The summed E-state index contributed by atoms with van der Waals surface area (Å²) in [6.45, 7) is 0.0715. The number of methoxy groups -OCH3 is 1. The number of aliphatic hydroxyl groups is 1. The van der Waals surface area contributed by atoms with Crippen molar-refractivity contribution in [1.82, 2.24) is 0 Å². The molecule has 1 fully saturated rings. The number of benzene rings is 2. The standard InChI is InChI=1S/C24H30FNO2/c1-28-23-7-3-17(12-22(23)25)10-16-2-4-19-13-20(6-5-18(19)11-16)21-8-9-24(26,14-21)15-27/h3,5-7,12-13,16,21,27H,2,4,8-11,14-15,26H2,1H3/t16?,21-,24+/m0/s1. The molecule has 2 aromatic rings. The van der Waals surface area contributed by atoms with Crippen LogP contribution in [0.15, 0.2) is 36.4 Å². The van der Waals surface area contributed by atoms with E-state index in [1.54, 1.807) is 12.1 Å². The molecule has 0 aromatic heterocycles. The predicted molar refractivity (Wildman–Crippen MR) is 109 cm³/mol. The van der Waals surface area contributed by atoms with Crippen LogP contribution in [0.3, 0.4) is 0 Å². The summed E-state index contributed by atoms with van der Waals surface area (Å²) in [6.07, 6.45) is 6.97. The molecule has 2 aliphatic rings. The Morgan fingerprint density at radius 1 is 1.18 bits per heavy atom. The Morgan fingerprint density at radius 2 is 2.04 bits per heavy atom. The molecule has 0 bridgehead atoms. The van der Waals surface area contributed by atoms with E-state index in [9.17, 15) is 9.50 Å². The predicted octanol–water partition coefficient (Wildman–Crippen LogP) is 4.14. The van der Waals surface area contributed by atoms with Gasteiger partial charge in [-0.2, -0.15) is 0 Å². The summed E-state index contributed by atoms with van der Waals surface area (Å²) in [7, 11) is 1.49. The lowest BCUT2D eigenvalue weighted by molar-refractivity contribution is 0.198. The van der Waals surface area contributed by atoms with Gasteiger partial charge in [0.1, 0.15) is 0 Å². The summed E-state index contributed by atoms with van der Waals surface area (Å²) in [5.41, 5.74) is 11.1. The Balaban J connectivity index is 1.43. The van der Waals surface area contributed by atoms with E-state index in [2.05, 4.69) is 18.2 Å². The fourth-order valence-electron chi connectivity index (χ4n) is 5.03. The number of nitrogens with two attached hydrogens (primary N) is 1. The third-order valence-electron chi connectivity index (χ3n) is 6.73. The minimum absolute atomic E-state index is 0.0715. The summed E-state index contributed by atoms with van der Waals surface area (Å²) in [5.74, 6) is 1.03. The molecule has 3 nitrogen and oxygen atoms in total. The first kappa shape index (κ1) is 19.4. The van der Waals surface area contributed by atoms with Gasteiger partial charge in [-0.1, -0.05) is 24.3 Å². The molecule has 0 spiro atoms. The maximum absolute atomic E-state index is 14.0. The van der Waals surface area contributed by atoms with E-state index in [0.29, 0.717) is 17.6 Å². The van der Waals surface area contributed by atoms with Crippen molar-refractivity contribution in [1.29, 1.82) is 0 Å². The van der Waals surface area contributed by atoms with Crippen LogP contribution in [0.25, 0.3) is 0 Å². The van der Waals surface area contributed by atoms with Gasteiger partial charge >= 0.3 is 0 Å². The lowest BCUT2D eigenvalue weighted by Gasteiger charge is -2.26. The third-order valence-corrected chi connectivity index (χ3v) is 6.73.